The zero-order valence-corrected chi connectivity index (χ0v) is 24.9. The van der Waals surface area contributed by atoms with Crippen LogP contribution in [0.4, 0.5) is 24.0 Å². The van der Waals surface area contributed by atoms with Crippen LogP contribution >= 0.6 is 11.3 Å². The Bertz CT molecular complexity index is 1610. The number of nitrogens with one attached hydrogen (secondary N) is 2. The molecule has 5 heterocycles. The van der Waals surface area contributed by atoms with E-state index in [2.05, 4.69) is 15.5 Å². The molecule has 2 aromatic carbocycles. The van der Waals surface area contributed by atoms with Gasteiger partial charge in [0.25, 0.3) is 11.8 Å². The molecule has 14 heteroatoms. The van der Waals surface area contributed by atoms with Crippen molar-refractivity contribution >= 4 is 44.2 Å². The van der Waals surface area contributed by atoms with Crippen LogP contribution in [0.1, 0.15) is 52.8 Å². The number of methoxy groups -OCH3 is 2. The maximum Gasteiger partial charge on any atom is 0.417 e. The molecular weight excluding hydrogens is 601 g/mol. The molecule has 44 heavy (non-hydrogen) atoms. The van der Waals surface area contributed by atoms with Crippen molar-refractivity contribution in [2.24, 2.45) is 0 Å². The highest BCUT2D eigenvalue weighted by Crippen LogP contribution is 2.51. The minimum absolute atomic E-state index is 0.133. The van der Waals surface area contributed by atoms with E-state index in [4.69, 9.17) is 23.9 Å². The molecule has 2 atom stereocenters. The summed E-state index contributed by atoms with van der Waals surface area (Å²) in [5, 5.41) is 6.60. The number of hydrogen-bond acceptors (Lipinski definition) is 9. The van der Waals surface area contributed by atoms with Crippen LogP contribution in [-0.4, -0.2) is 80.2 Å². The van der Waals surface area contributed by atoms with E-state index in [1.807, 2.05) is 6.07 Å². The molecule has 2 amide bonds. The number of carbonyl (C=O) groups is 2. The van der Waals surface area contributed by atoms with Crippen LogP contribution < -0.4 is 25.0 Å². The van der Waals surface area contributed by atoms with Crippen LogP contribution in [0.15, 0.2) is 30.3 Å². The monoisotopic (exact) mass is 632 g/mol. The zero-order chi connectivity index (χ0) is 30.9. The van der Waals surface area contributed by atoms with Crippen LogP contribution in [0.5, 0.6) is 11.5 Å². The third-order valence-corrected chi connectivity index (χ3v) is 10.5. The van der Waals surface area contributed by atoms with Gasteiger partial charge in [0.05, 0.1) is 73.1 Å². The van der Waals surface area contributed by atoms with Gasteiger partial charge in [-0.05, 0) is 56.4 Å². The summed E-state index contributed by atoms with van der Waals surface area (Å²) in [6.45, 7) is 1.04. The third kappa shape index (κ3) is 4.65. The van der Waals surface area contributed by atoms with Gasteiger partial charge in [0.15, 0.2) is 10.7 Å². The Balaban J connectivity index is 1.16. The number of fused-ring (bicyclic) bond motifs is 6. The summed E-state index contributed by atoms with van der Waals surface area (Å²) in [6.07, 6.45) is -3.61. The summed E-state index contributed by atoms with van der Waals surface area (Å²) in [6, 6.07) is 8.64. The highest BCUT2D eigenvalue weighted by molar-refractivity contribution is 7.22. The Morgan fingerprint density at radius 2 is 1.80 bits per heavy atom. The van der Waals surface area contributed by atoms with Crippen molar-refractivity contribution in [2.45, 2.75) is 61.5 Å². The molecule has 5 aliphatic rings. The van der Waals surface area contributed by atoms with Gasteiger partial charge in [-0.1, -0.05) is 11.3 Å². The molecule has 2 N–H and O–H groups in total. The Morgan fingerprint density at radius 1 is 1.05 bits per heavy atom. The Labute approximate surface area is 254 Å². The van der Waals surface area contributed by atoms with Crippen LogP contribution in [0, 0.1) is 0 Å². The van der Waals surface area contributed by atoms with Crippen molar-refractivity contribution in [1.29, 1.82) is 0 Å². The molecule has 0 radical (unpaired) electrons. The molecule has 4 aliphatic heterocycles. The van der Waals surface area contributed by atoms with Crippen molar-refractivity contribution < 1.29 is 41.7 Å². The molecule has 1 aliphatic carbocycles. The molecule has 8 rings (SSSR count). The van der Waals surface area contributed by atoms with Gasteiger partial charge in [-0.3, -0.25) is 9.59 Å². The first-order valence-electron chi connectivity index (χ1n) is 14.4. The van der Waals surface area contributed by atoms with Crippen molar-refractivity contribution in [2.75, 3.05) is 44.3 Å². The lowest BCUT2D eigenvalue weighted by Gasteiger charge is -2.53. The molecule has 4 saturated heterocycles. The van der Waals surface area contributed by atoms with E-state index in [1.165, 1.54) is 37.7 Å². The van der Waals surface area contributed by atoms with Crippen molar-refractivity contribution in [1.82, 2.24) is 10.3 Å². The summed E-state index contributed by atoms with van der Waals surface area (Å²) >= 11 is 1.40. The zero-order valence-electron chi connectivity index (χ0n) is 24.1. The van der Waals surface area contributed by atoms with E-state index in [0.717, 1.165) is 11.6 Å². The summed E-state index contributed by atoms with van der Waals surface area (Å²) in [7, 11) is 2.94. The predicted octanol–water partition coefficient (Wildman–Crippen LogP) is 4.92. The van der Waals surface area contributed by atoms with E-state index in [0.29, 0.717) is 34.9 Å². The number of rotatable bonds is 7. The molecule has 2 unspecified atom stereocenters. The van der Waals surface area contributed by atoms with Gasteiger partial charge >= 0.3 is 6.18 Å². The quantitative estimate of drug-likeness (QED) is 0.378. The Kier molecular flexibility index (Phi) is 6.94. The fraction of sp³-hybridized carbons (Fsp3) is 0.500. The number of morpholine rings is 1. The lowest BCUT2D eigenvalue weighted by molar-refractivity contribution is -0.317. The second-order valence-corrected chi connectivity index (χ2v) is 12.8. The van der Waals surface area contributed by atoms with Gasteiger partial charge in [0, 0.05) is 6.07 Å². The van der Waals surface area contributed by atoms with Crippen molar-refractivity contribution in [3.63, 3.8) is 0 Å². The Morgan fingerprint density at radius 3 is 2.41 bits per heavy atom. The molecular formula is C30H31F3N4O6S. The molecule has 1 aromatic heterocycles. The highest BCUT2D eigenvalue weighted by atomic mass is 32.1. The van der Waals surface area contributed by atoms with Gasteiger partial charge in [0.2, 0.25) is 0 Å². The number of hydrogen-bond donors (Lipinski definition) is 2. The number of amides is 2. The second-order valence-electron chi connectivity index (χ2n) is 11.9. The number of benzene rings is 2. The summed E-state index contributed by atoms with van der Waals surface area (Å²) < 4.78 is 63.4. The molecule has 234 valence electrons. The highest BCUT2D eigenvalue weighted by Gasteiger charge is 2.63. The predicted molar refractivity (Wildman–Crippen MR) is 156 cm³/mol. The van der Waals surface area contributed by atoms with E-state index in [-0.39, 0.29) is 61.2 Å². The van der Waals surface area contributed by atoms with Gasteiger partial charge in [0.1, 0.15) is 17.1 Å². The van der Waals surface area contributed by atoms with E-state index in [9.17, 15) is 22.8 Å². The van der Waals surface area contributed by atoms with E-state index in [1.54, 1.807) is 12.1 Å². The third-order valence-electron chi connectivity index (χ3n) is 9.38. The number of thiazole rings is 1. The molecule has 10 nitrogen and oxygen atoms in total. The summed E-state index contributed by atoms with van der Waals surface area (Å²) in [4.78, 5) is 34.6. The minimum Gasteiger partial charge on any atom is -0.497 e. The molecule has 1 saturated carbocycles. The smallest absolute Gasteiger partial charge is 0.417 e. The van der Waals surface area contributed by atoms with Gasteiger partial charge in [-0.15, -0.1) is 0 Å². The van der Waals surface area contributed by atoms with Crippen LogP contribution in [0.3, 0.4) is 0 Å². The fourth-order valence-electron chi connectivity index (χ4n) is 6.78. The second kappa shape index (κ2) is 10.5. The van der Waals surface area contributed by atoms with Crippen molar-refractivity contribution in [3.8, 4) is 11.5 Å². The number of ether oxygens (including phenoxy) is 4. The number of alkyl halides is 3. The maximum atomic E-state index is 13.9. The lowest BCUT2D eigenvalue weighted by atomic mass is 9.70. The fourth-order valence-corrected chi connectivity index (χ4v) is 8.02. The molecule has 4 bridgehead atoms. The topological polar surface area (TPSA) is 111 Å². The van der Waals surface area contributed by atoms with Gasteiger partial charge in [-0.25, -0.2) is 4.98 Å². The van der Waals surface area contributed by atoms with Crippen LogP contribution in [0.25, 0.3) is 10.2 Å². The number of carbonyl (C=O) groups excluding carboxylic acids is 2. The molecule has 3 aromatic rings. The first-order valence-corrected chi connectivity index (χ1v) is 15.2. The summed E-state index contributed by atoms with van der Waals surface area (Å²) in [5.74, 6) is -0.297. The average Bonchev–Trinajstić information content (AvgIpc) is 3.43. The summed E-state index contributed by atoms with van der Waals surface area (Å²) in [5.41, 5.74) is -1.85. The standard InChI is InChI=1S/C30H31F3N4O6S/c1-40-18-3-4-19(25(38)36-28-7-9-29(10-8-28,43-15-28)30(31,32)33)21(12-18)34-26(39)23-22(41-2)6-5-20-24(23)44-27(35-20)37-16-11-17(37)14-42-13-16/h3-6,12,16-17H,7-11,13-15H2,1-2H3,(H,34,39)(H,36,38). The number of halogens is 3. The average molecular weight is 633 g/mol. The first kappa shape index (κ1) is 29.1. The molecule has 0 spiro atoms. The van der Waals surface area contributed by atoms with E-state index >= 15 is 0 Å². The molecule has 5 fully saturated rings. The van der Waals surface area contributed by atoms with Crippen LogP contribution in [0.2, 0.25) is 0 Å². The number of nitrogens with zero attached hydrogens (tertiary/aromatic N) is 2. The van der Waals surface area contributed by atoms with Gasteiger partial charge < -0.3 is 34.5 Å². The van der Waals surface area contributed by atoms with E-state index < -0.39 is 29.1 Å². The number of anilines is 2. The maximum absolute atomic E-state index is 13.9. The lowest BCUT2D eigenvalue weighted by Crippen LogP contribution is -2.66. The minimum atomic E-state index is -4.47. The van der Waals surface area contributed by atoms with Crippen LogP contribution in [-0.2, 0) is 9.47 Å². The Hall–Kier alpha value is -3.62. The largest absolute Gasteiger partial charge is 0.497 e. The SMILES string of the molecule is COc1ccc(C(=O)NC23CCC(C(F)(F)F)(CC2)OC3)c(NC(=O)c2c(OC)ccc3nc(N4C5COCC4C5)sc23)c1. The first-order chi connectivity index (χ1) is 21.1. The normalized spacial score (nSPS) is 27.5. The van der Waals surface area contributed by atoms with Crippen molar-refractivity contribution in [3.05, 3.63) is 41.5 Å². The number of aromatic nitrogens is 1. The van der Waals surface area contributed by atoms with Gasteiger partial charge in [-0.2, -0.15) is 13.2 Å².